The van der Waals surface area contributed by atoms with E-state index in [1.54, 1.807) is 76.2 Å². The number of ether oxygens (including phenoxy) is 2. The van der Waals surface area contributed by atoms with E-state index in [2.05, 4.69) is 22.6 Å². The number of terminal acetylenes is 2. The molecule has 0 aliphatic rings. The van der Waals surface area contributed by atoms with E-state index in [9.17, 15) is 19.2 Å². The minimum absolute atomic E-state index is 0.0530. The molecule has 0 radical (unpaired) electrons. The molecule has 0 heterocycles. The number of carbonyl (C=O) groups is 4. The van der Waals surface area contributed by atoms with Crippen molar-refractivity contribution < 1.29 is 28.7 Å². The summed E-state index contributed by atoms with van der Waals surface area (Å²) in [6, 6.07) is 15.4. The highest BCUT2D eigenvalue weighted by Crippen LogP contribution is 2.25. The standard InChI is InChI=1S/C31H35N3O6/c1-7-23-17-13-14-18-24(23)27(28(36)32-20-19-26(35)39-9-3)34(8-2)29(37)25(21-22-15-11-10-12-16-22)33-30(38)40-31(4,5)6/h1-2,10-18,25,27H,9,19-21H2,3-6H3,(H,32,36)(H,33,38). The quantitative estimate of drug-likeness (QED) is 0.254. The van der Waals surface area contributed by atoms with Crippen LogP contribution in [0.3, 0.4) is 0 Å². The molecule has 0 aromatic heterocycles. The predicted octanol–water partition coefficient (Wildman–Crippen LogP) is 3.33. The van der Waals surface area contributed by atoms with Gasteiger partial charge in [0.15, 0.2) is 0 Å². The highest BCUT2D eigenvalue weighted by Gasteiger charge is 2.37. The molecule has 0 bridgehead atoms. The predicted molar refractivity (Wildman–Crippen MR) is 150 cm³/mol. The lowest BCUT2D eigenvalue weighted by Crippen LogP contribution is -2.52. The second-order valence-electron chi connectivity index (χ2n) is 9.71. The first-order valence-electron chi connectivity index (χ1n) is 12.8. The normalized spacial score (nSPS) is 12.1. The fourth-order valence-electron chi connectivity index (χ4n) is 3.82. The van der Waals surface area contributed by atoms with Crippen LogP contribution in [-0.4, -0.2) is 53.6 Å². The summed E-state index contributed by atoms with van der Waals surface area (Å²) < 4.78 is 10.3. The van der Waals surface area contributed by atoms with Gasteiger partial charge in [-0.2, -0.15) is 0 Å². The summed E-state index contributed by atoms with van der Waals surface area (Å²) in [5.74, 6) is 0.643. The molecular weight excluding hydrogens is 510 g/mol. The Morgan fingerprint density at radius 3 is 2.25 bits per heavy atom. The molecule has 2 aromatic rings. The minimum Gasteiger partial charge on any atom is -0.466 e. The highest BCUT2D eigenvalue weighted by atomic mass is 16.6. The van der Waals surface area contributed by atoms with Crippen molar-refractivity contribution in [3.63, 3.8) is 0 Å². The van der Waals surface area contributed by atoms with Crippen LogP contribution >= 0.6 is 0 Å². The molecule has 2 aromatic carbocycles. The van der Waals surface area contributed by atoms with Crippen LogP contribution in [-0.2, 0) is 30.3 Å². The van der Waals surface area contributed by atoms with Gasteiger partial charge >= 0.3 is 12.1 Å². The average molecular weight is 546 g/mol. The summed E-state index contributed by atoms with van der Waals surface area (Å²) >= 11 is 0. The minimum atomic E-state index is -1.36. The third-order valence-electron chi connectivity index (χ3n) is 5.50. The van der Waals surface area contributed by atoms with Gasteiger partial charge in [-0.25, -0.2) is 4.79 Å². The van der Waals surface area contributed by atoms with Crippen LogP contribution in [0, 0.1) is 24.8 Å². The Balaban J connectivity index is 2.47. The molecular formula is C31H35N3O6. The molecule has 3 amide bonds. The molecule has 2 unspecified atom stereocenters. The molecule has 0 saturated heterocycles. The molecule has 40 heavy (non-hydrogen) atoms. The van der Waals surface area contributed by atoms with Gasteiger partial charge in [-0.15, -0.1) is 6.42 Å². The molecule has 0 spiro atoms. The van der Waals surface area contributed by atoms with E-state index in [4.69, 9.17) is 22.3 Å². The van der Waals surface area contributed by atoms with Crippen molar-refractivity contribution >= 4 is 23.9 Å². The highest BCUT2D eigenvalue weighted by molar-refractivity contribution is 5.94. The summed E-state index contributed by atoms with van der Waals surface area (Å²) in [6.45, 7) is 6.92. The van der Waals surface area contributed by atoms with Gasteiger partial charge in [-0.1, -0.05) is 60.9 Å². The van der Waals surface area contributed by atoms with E-state index in [0.717, 1.165) is 10.5 Å². The number of alkyl carbamates (subject to hydrolysis) is 1. The third kappa shape index (κ3) is 9.52. The Morgan fingerprint density at radius 2 is 1.65 bits per heavy atom. The largest absolute Gasteiger partial charge is 0.466 e. The molecule has 0 saturated carbocycles. The monoisotopic (exact) mass is 545 g/mol. The van der Waals surface area contributed by atoms with Gasteiger partial charge in [0.1, 0.15) is 17.7 Å². The second-order valence-corrected chi connectivity index (χ2v) is 9.71. The lowest BCUT2D eigenvalue weighted by Gasteiger charge is -2.31. The Morgan fingerprint density at radius 1 is 1.00 bits per heavy atom. The maximum absolute atomic E-state index is 14.0. The van der Waals surface area contributed by atoms with Crippen LogP contribution in [0.1, 0.15) is 56.8 Å². The van der Waals surface area contributed by atoms with Gasteiger partial charge in [0, 0.05) is 30.1 Å². The molecule has 9 nitrogen and oxygen atoms in total. The number of rotatable bonds is 11. The smallest absolute Gasteiger partial charge is 0.408 e. The van der Waals surface area contributed by atoms with Crippen molar-refractivity contribution in [2.45, 2.75) is 58.2 Å². The Kier molecular flexibility index (Phi) is 11.8. The molecule has 210 valence electrons. The van der Waals surface area contributed by atoms with Gasteiger partial charge in [0.25, 0.3) is 5.91 Å². The number of hydrogen-bond acceptors (Lipinski definition) is 6. The van der Waals surface area contributed by atoms with Crippen LogP contribution in [0.15, 0.2) is 54.6 Å². The van der Waals surface area contributed by atoms with E-state index in [-0.39, 0.29) is 26.0 Å². The number of benzene rings is 2. The van der Waals surface area contributed by atoms with E-state index in [0.29, 0.717) is 11.1 Å². The maximum Gasteiger partial charge on any atom is 0.408 e. The van der Waals surface area contributed by atoms with Crippen LogP contribution in [0.2, 0.25) is 0 Å². The molecule has 2 N–H and O–H groups in total. The molecule has 2 atom stereocenters. The number of esters is 1. The van der Waals surface area contributed by atoms with Gasteiger partial charge in [0.2, 0.25) is 5.91 Å². The summed E-state index contributed by atoms with van der Waals surface area (Å²) in [4.78, 5) is 52.9. The van der Waals surface area contributed by atoms with Crippen molar-refractivity contribution in [3.05, 3.63) is 71.3 Å². The van der Waals surface area contributed by atoms with Crippen molar-refractivity contribution in [3.8, 4) is 24.8 Å². The first-order valence-corrected chi connectivity index (χ1v) is 12.8. The third-order valence-corrected chi connectivity index (χ3v) is 5.50. The average Bonchev–Trinajstić information content (AvgIpc) is 2.90. The summed E-state index contributed by atoms with van der Waals surface area (Å²) in [5.41, 5.74) is 0.582. The molecule has 9 heteroatoms. The van der Waals surface area contributed by atoms with Crippen molar-refractivity contribution in [1.29, 1.82) is 0 Å². The molecule has 0 fully saturated rings. The fraction of sp³-hybridized carbons (Fsp3) is 0.355. The first kappa shape index (κ1) is 31.5. The van der Waals surface area contributed by atoms with Gasteiger partial charge in [-0.3, -0.25) is 19.3 Å². The number of hydrogen-bond donors (Lipinski definition) is 2. The zero-order valence-corrected chi connectivity index (χ0v) is 23.2. The van der Waals surface area contributed by atoms with Crippen LogP contribution < -0.4 is 10.6 Å². The SMILES string of the molecule is C#Cc1ccccc1C(C(=O)NCCC(=O)OCC)N(C#C)C(=O)C(Cc1ccccc1)NC(=O)OC(C)(C)C. The number of nitrogens with zero attached hydrogens (tertiary/aromatic N) is 1. The van der Waals surface area contributed by atoms with Crippen molar-refractivity contribution in [2.24, 2.45) is 0 Å². The van der Waals surface area contributed by atoms with Gasteiger partial charge in [-0.05, 0) is 39.3 Å². The second kappa shape index (κ2) is 15.0. The number of nitrogens with one attached hydrogen (secondary N) is 2. The summed E-state index contributed by atoms with van der Waals surface area (Å²) in [6.07, 6.45) is 10.7. The van der Waals surface area contributed by atoms with E-state index in [1.807, 2.05) is 6.07 Å². The van der Waals surface area contributed by atoms with Crippen LogP contribution in [0.25, 0.3) is 0 Å². The molecule has 0 aliphatic heterocycles. The zero-order chi connectivity index (χ0) is 29.7. The number of amides is 3. The zero-order valence-electron chi connectivity index (χ0n) is 23.2. The van der Waals surface area contributed by atoms with Crippen LogP contribution in [0.5, 0.6) is 0 Å². The molecule has 0 aliphatic carbocycles. The summed E-state index contributed by atoms with van der Waals surface area (Å²) in [7, 11) is 0. The van der Waals surface area contributed by atoms with E-state index < -0.39 is 41.6 Å². The van der Waals surface area contributed by atoms with Gasteiger partial charge in [0.05, 0.1) is 13.0 Å². The Bertz CT molecular complexity index is 1270. The summed E-state index contributed by atoms with van der Waals surface area (Å²) in [5, 5.41) is 5.24. The topological polar surface area (TPSA) is 114 Å². The van der Waals surface area contributed by atoms with Crippen molar-refractivity contribution in [2.75, 3.05) is 13.2 Å². The van der Waals surface area contributed by atoms with E-state index in [1.165, 1.54) is 0 Å². The number of carbonyl (C=O) groups excluding carboxylic acids is 4. The fourth-order valence-corrected chi connectivity index (χ4v) is 3.82. The first-order chi connectivity index (χ1) is 19.0. The Labute approximate surface area is 235 Å². The van der Waals surface area contributed by atoms with Crippen LogP contribution in [0.4, 0.5) is 4.79 Å². The maximum atomic E-state index is 14.0. The lowest BCUT2D eigenvalue weighted by atomic mass is 9.97. The van der Waals surface area contributed by atoms with E-state index >= 15 is 0 Å². The van der Waals surface area contributed by atoms with Gasteiger partial charge < -0.3 is 20.1 Å². The van der Waals surface area contributed by atoms with Crippen molar-refractivity contribution in [1.82, 2.24) is 15.5 Å². The lowest BCUT2D eigenvalue weighted by molar-refractivity contribution is -0.143. The molecule has 2 rings (SSSR count). The Hall–Kier alpha value is -4.76.